The number of benzene rings is 1. The number of carbonyl (C=O) groups excluding carboxylic acids is 1. The SMILES string of the molecule is COc1cccc(C(NC(=O)c2ccnn2C(F)F)c2nccn2C)c1. The van der Waals surface area contributed by atoms with Crippen LogP contribution < -0.4 is 10.1 Å². The van der Waals surface area contributed by atoms with Gasteiger partial charge in [0.1, 0.15) is 23.3 Å². The number of methoxy groups -OCH3 is 1. The predicted octanol–water partition coefficient (Wildman–Crippen LogP) is 2.54. The highest BCUT2D eigenvalue weighted by molar-refractivity contribution is 5.93. The zero-order valence-corrected chi connectivity index (χ0v) is 14.1. The number of hydrogen-bond acceptors (Lipinski definition) is 4. The number of imidazole rings is 1. The zero-order chi connectivity index (χ0) is 18.7. The van der Waals surface area contributed by atoms with Crippen molar-refractivity contribution in [2.24, 2.45) is 7.05 Å². The number of amides is 1. The average molecular weight is 361 g/mol. The Morgan fingerprint density at radius 3 is 2.73 bits per heavy atom. The molecule has 0 spiro atoms. The second kappa shape index (κ2) is 7.34. The molecule has 3 rings (SSSR count). The number of alkyl halides is 2. The van der Waals surface area contributed by atoms with Gasteiger partial charge in [-0.1, -0.05) is 12.1 Å². The molecule has 26 heavy (non-hydrogen) atoms. The molecule has 2 heterocycles. The summed E-state index contributed by atoms with van der Waals surface area (Å²) in [4.78, 5) is 16.9. The molecule has 0 saturated heterocycles. The summed E-state index contributed by atoms with van der Waals surface area (Å²) in [6.45, 7) is -2.91. The van der Waals surface area contributed by atoms with Crippen LogP contribution in [0.4, 0.5) is 8.78 Å². The van der Waals surface area contributed by atoms with E-state index in [-0.39, 0.29) is 5.69 Å². The van der Waals surface area contributed by atoms with Crippen molar-refractivity contribution < 1.29 is 18.3 Å². The van der Waals surface area contributed by atoms with Crippen molar-refractivity contribution in [1.82, 2.24) is 24.6 Å². The van der Waals surface area contributed by atoms with Crippen LogP contribution in [0, 0.1) is 0 Å². The summed E-state index contributed by atoms with van der Waals surface area (Å²) >= 11 is 0. The summed E-state index contributed by atoms with van der Waals surface area (Å²) in [6, 6.07) is 7.68. The lowest BCUT2D eigenvalue weighted by molar-refractivity contribution is 0.0507. The molecule has 1 N–H and O–H groups in total. The molecule has 2 aromatic heterocycles. The fraction of sp³-hybridized carbons (Fsp3) is 0.235. The van der Waals surface area contributed by atoms with Gasteiger partial charge in [0.2, 0.25) is 0 Å². The molecule has 9 heteroatoms. The van der Waals surface area contributed by atoms with Crippen molar-refractivity contribution in [2.75, 3.05) is 7.11 Å². The number of nitrogens with zero attached hydrogens (tertiary/aromatic N) is 4. The van der Waals surface area contributed by atoms with E-state index in [9.17, 15) is 13.6 Å². The van der Waals surface area contributed by atoms with E-state index in [4.69, 9.17) is 4.74 Å². The second-order valence-corrected chi connectivity index (χ2v) is 5.52. The monoisotopic (exact) mass is 361 g/mol. The highest BCUT2D eigenvalue weighted by atomic mass is 19.3. The minimum atomic E-state index is -2.91. The van der Waals surface area contributed by atoms with Gasteiger partial charge in [-0.3, -0.25) is 4.79 Å². The summed E-state index contributed by atoms with van der Waals surface area (Å²) in [5, 5.41) is 6.24. The van der Waals surface area contributed by atoms with Crippen molar-refractivity contribution in [3.8, 4) is 5.75 Å². The fourth-order valence-corrected chi connectivity index (χ4v) is 2.63. The van der Waals surface area contributed by atoms with Crippen molar-refractivity contribution in [3.63, 3.8) is 0 Å². The van der Waals surface area contributed by atoms with E-state index in [2.05, 4.69) is 15.4 Å². The lowest BCUT2D eigenvalue weighted by Crippen LogP contribution is -2.32. The number of hydrogen-bond donors (Lipinski definition) is 1. The van der Waals surface area contributed by atoms with E-state index in [1.165, 1.54) is 13.2 Å². The molecule has 136 valence electrons. The Morgan fingerprint density at radius 1 is 1.27 bits per heavy atom. The van der Waals surface area contributed by atoms with Crippen LogP contribution in [-0.2, 0) is 7.05 Å². The molecule has 1 aromatic carbocycles. The van der Waals surface area contributed by atoms with Crippen molar-refractivity contribution in [2.45, 2.75) is 12.6 Å². The van der Waals surface area contributed by atoms with Gasteiger partial charge >= 0.3 is 6.55 Å². The molecule has 0 radical (unpaired) electrons. The Hall–Kier alpha value is -3.23. The first-order valence-electron chi connectivity index (χ1n) is 7.75. The number of aromatic nitrogens is 4. The van der Waals surface area contributed by atoms with E-state index >= 15 is 0 Å². The van der Waals surface area contributed by atoms with Gasteiger partial charge in [-0.25, -0.2) is 4.98 Å². The van der Waals surface area contributed by atoms with Crippen LogP contribution >= 0.6 is 0 Å². The lowest BCUT2D eigenvalue weighted by atomic mass is 10.1. The van der Waals surface area contributed by atoms with Gasteiger partial charge in [0.15, 0.2) is 0 Å². The fourth-order valence-electron chi connectivity index (χ4n) is 2.63. The molecular formula is C17H17F2N5O2. The third-order valence-electron chi connectivity index (χ3n) is 3.91. The number of carbonyl (C=O) groups is 1. The van der Waals surface area contributed by atoms with E-state index in [0.717, 1.165) is 6.20 Å². The molecule has 1 atom stereocenters. The molecule has 0 fully saturated rings. The number of halogens is 2. The van der Waals surface area contributed by atoms with Crippen LogP contribution in [0.5, 0.6) is 5.75 Å². The molecule has 0 aliphatic carbocycles. The third kappa shape index (κ3) is 3.41. The summed E-state index contributed by atoms with van der Waals surface area (Å²) in [6.07, 6.45) is 4.48. The molecule has 0 bridgehead atoms. The number of rotatable bonds is 6. The highest BCUT2D eigenvalue weighted by Crippen LogP contribution is 2.25. The Morgan fingerprint density at radius 2 is 2.08 bits per heavy atom. The smallest absolute Gasteiger partial charge is 0.333 e. The Balaban J connectivity index is 1.97. The van der Waals surface area contributed by atoms with Crippen molar-refractivity contribution >= 4 is 5.91 Å². The average Bonchev–Trinajstić information content (AvgIpc) is 3.28. The van der Waals surface area contributed by atoms with Crippen LogP contribution in [0.3, 0.4) is 0 Å². The number of nitrogens with one attached hydrogen (secondary N) is 1. The van der Waals surface area contributed by atoms with Crippen molar-refractivity contribution in [3.05, 3.63) is 66.0 Å². The second-order valence-electron chi connectivity index (χ2n) is 5.52. The maximum Gasteiger partial charge on any atom is 0.333 e. The molecule has 1 unspecified atom stereocenters. The molecule has 0 saturated carbocycles. The summed E-state index contributed by atoms with van der Waals surface area (Å²) in [7, 11) is 3.32. The lowest BCUT2D eigenvalue weighted by Gasteiger charge is -2.20. The van der Waals surface area contributed by atoms with E-state index in [1.807, 2.05) is 0 Å². The predicted molar refractivity (Wildman–Crippen MR) is 89.0 cm³/mol. The highest BCUT2D eigenvalue weighted by Gasteiger charge is 2.25. The Kier molecular flexibility index (Phi) is 4.97. The van der Waals surface area contributed by atoms with Crippen LogP contribution in [0.1, 0.15) is 34.5 Å². The van der Waals surface area contributed by atoms with Gasteiger partial charge in [0, 0.05) is 25.6 Å². The van der Waals surface area contributed by atoms with Gasteiger partial charge in [-0.15, -0.1) is 0 Å². The van der Waals surface area contributed by atoms with Gasteiger partial charge in [0.05, 0.1) is 7.11 Å². The topological polar surface area (TPSA) is 74.0 Å². The molecule has 0 aliphatic rings. The van der Waals surface area contributed by atoms with Gasteiger partial charge < -0.3 is 14.6 Å². The minimum Gasteiger partial charge on any atom is -0.497 e. The van der Waals surface area contributed by atoms with Crippen LogP contribution in [-0.4, -0.2) is 32.3 Å². The Labute approximate surface area is 148 Å². The summed E-state index contributed by atoms with van der Waals surface area (Å²) in [5.41, 5.74) is 0.470. The van der Waals surface area contributed by atoms with Gasteiger partial charge in [0.25, 0.3) is 5.91 Å². The van der Waals surface area contributed by atoms with Gasteiger partial charge in [-0.2, -0.15) is 18.6 Å². The largest absolute Gasteiger partial charge is 0.497 e. The number of ether oxygens (including phenoxy) is 1. The first-order chi connectivity index (χ1) is 12.5. The molecular weight excluding hydrogens is 344 g/mol. The van der Waals surface area contributed by atoms with Crippen LogP contribution in [0.25, 0.3) is 0 Å². The van der Waals surface area contributed by atoms with E-state index in [0.29, 0.717) is 21.8 Å². The first-order valence-corrected chi connectivity index (χ1v) is 7.75. The normalized spacial score (nSPS) is 12.2. The van der Waals surface area contributed by atoms with Crippen molar-refractivity contribution in [1.29, 1.82) is 0 Å². The van der Waals surface area contributed by atoms with E-state index in [1.54, 1.807) is 48.3 Å². The quantitative estimate of drug-likeness (QED) is 0.732. The van der Waals surface area contributed by atoms with E-state index < -0.39 is 18.5 Å². The molecule has 0 aliphatic heterocycles. The molecule has 3 aromatic rings. The molecule has 7 nitrogen and oxygen atoms in total. The first kappa shape index (κ1) is 17.6. The standard InChI is InChI=1S/C17H17F2N5O2/c1-23-9-8-20-15(23)14(11-4-3-5-12(10-11)26-2)22-16(25)13-6-7-21-24(13)17(18)19/h3-10,14,17H,1-2H3,(H,22,25). The summed E-state index contributed by atoms with van der Waals surface area (Å²) < 4.78 is 33.4. The molecule has 1 amide bonds. The number of aryl methyl sites for hydroxylation is 1. The maximum absolute atomic E-state index is 13.0. The Bertz CT molecular complexity index is 906. The van der Waals surface area contributed by atoms with Gasteiger partial charge in [-0.05, 0) is 23.8 Å². The maximum atomic E-state index is 13.0. The van der Waals surface area contributed by atoms with Crippen LogP contribution in [0.2, 0.25) is 0 Å². The van der Waals surface area contributed by atoms with Crippen LogP contribution in [0.15, 0.2) is 48.9 Å². The minimum absolute atomic E-state index is 0.234. The third-order valence-corrected chi connectivity index (χ3v) is 3.91. The zero-order valence-electron chi connectivity index (χ0n) is 14.1. The summed E-state index contributed by atoms with van der Waals surface area (Å²) in [5.74, 6) is 0.474.